The molecule has 1 heterocycles. The van der Waals surface area contributed by atoms with Crippen LogP contribution in [0.3, 0.4) is 0 Å². The standard InChI is InChI=1S/C21H16ClN3O3/c1-24(16-6-3-2-4-7-16)21(28)14(11-23)10-15-12-25(13-19(26)27)20-17(15)8-5-9-18(20)22/h2-10,12H,13H2,1H3,(H,26,27)/b14-10+. The van der Waals surface area contributed by atoms with Crippen molar-refractivity contribution in [2.24, 2.45) is 0 Å². The molecular weight excluding hydrogens is 378 g/mol. The molecule has 0 saturated heterocycles. The Morgan fingerprint density at radius 2 is 1.93 bits per heavy atom. The molecule has 0 spiro atoms. The Morgan fingerprint density at radius 1 is 1.21 bits per heavy atom. The Hall–Kier alpha value is -3.56. The number of nitriles is 1. The number of carbonyl (C=O) groups excluding carboxylic acids is 1. The number of carbonyl (C=O) groups is 2. The number of aliphatic carboxylic acids is 1. The molecule has 0 aliphatic heterocycles. The van der Waals surface area contributed by atoms with Crippen LogP contribution < -0.4 is 4.90 Å². The number of fused-ring (bicyclic) bond motifs is 1. The van der Waals surface area contributed by atoms with Gasteiger partial charge in [-0.3, -0.25) is 9.59 Å². The van der Waals surface area contributed by atoms with Gasteiger partial charge in [-0.2, -0.15) is 5.26 Å². The fourth-order valence-electron chi connectivity index (χ4n) is 2.97. The molecule has 1 aromatic heterocycles. The van der Waals surface area contributed by atoms with E-state index in [9.17, 15) is 14.9 Å². The lowest BCUT2D eigenvalue weighted by Crippen LogP contribution is -2.27. The average Bonchev–Trinajstić information content (AvgIpc) is 3.03. The second-order valence-corrected chi connectivity index (χ2v) is 6.52. The summed E-state index contributed by atoms with van der Waals surface area (Å²) in [4.78, 5) is 25.3. The first-order valence-corrected chi connectivity index (χ1v) is 8.74. The van der Waals surface area contributed by atoms with Gasteiger partial charge in [-0.25, -0.2) is 0 Å². The first-order chi connectivity index (χ1) is 13.4. The van der Waals surface area contributed by atoms with Crippen LogP contribution in [0.5, 0.6) is 0 Å². The number of carboxylic acids is 1. The first-order valence-electron chi connectivity index (χ1n) is 8.36. The molecule has 2 aromatic carbocycles. The van der Waals surface area contributed by atoms with Gasteiger partial charge in [0.05, 0.1) is 10.5 Å². The molecular formula is C21H16ClN3O3. The molecule has 0 aliphatic carbocycles. The molecule has 0 saturated carbocycles. The number of benzene rings is 2. The van der Waals surface area contributed by atoms with Crippen LogP contribution in [0, 0.1) is 11.3 Å². The topological polar surface area (TPSA) is 86.3 Å². The maximum absolute atomic E-state index is 12.8. The summed E-state index contributed by atoms with van der Waals surface area (Å²) >= 11 is 6.25. The molecule has 3 rings (SSSR count). The molecule has 0 fully saturated rings. The van der Waals surface area contributed by atoms with Crippen molar-refractivity contribution in [3.05, 3.63) is 70.9 Å². The summed E-state index contributed by atoms with van der Waals surface area (Å²) in [6.07, 6.45) is 3.04. The van der Waals surface area contributed by atoms with Crippen molar-refractivity contribution < 1.29 is 14.7 Å². The first kappa shape index (κ1) is 19.2. The van der Waals surface area contributed by atoms with Crippen molar-refractivity contribution >= 4 is 46.1 Å². The Balaban J connectivity index is 2.07. The summed E-state index contributed by atoms with van der Waals surface area (Å²) < 4.78 is 1.49. The van der Waals surface area contributed by atoms with E-state index in [1.54, 1.807) is 55.7 Å². The Labute approximate surface area is 166 Å². The molecule has 3 aromatic rings. The Bertz CT molecular complexity index is 1130. The molecule has 1 amide bonds. The van der Waals surface area contributed by atoms with Crippen LogP contribution in [-0.2, 0) is 16.1 Å². The van der Waals surface area contributed by atoms with Crippen molar-refractivity contribution in [1.82, 2.24) is 4.57 Å². The normalized spacial score (nSPS) is 11.2. The van der Waals surface area contributed by atoms with Crippen LogP contribution in [0.25, 0.3) is 17.0 Å². The Morgan fingerprint density at radius 3 is 2.57 bits per heavy atom. The smallest absolute Gasteiger partial charge is 0.323 e. The number of nitrogens with zero attached hydrogens (tertiary/aromatic N) is 3. The van der Waals surface area contributed by atoms with E-state index < -0.39 is 11.9 Å². The molecule has 0 unspecified atom stereocenters. The number of hydrogen-bond donors (Lipinski definition) is 1. The third kappa shape index (κ3) is 3.75. The quantitative estimate of drug-likeness (QED) is 0.525. The van der Waals surface area contributed by atoms with Crippen LogP contribution in [0.2, 0.25) is 5.02 Å². The minimum Gasteiger partial charge on any atom is -0.480 e. The number of likely N-dealkylation sites (N-methyl/N-ethyl adjacent to an activating group) is 1. The minimum atomic E-state index is -1.02. The zero-order valence-corrected chi connectivity index (χ0v) is 15.7. The monoisotopic (exact) mass is 393 g/mol. The molecule has 6 nitrogen and oxygen atoms in total. The highest BCUT2D eigenvalue weighted by molar-refractivity contribution is 6.35. The minimum absolute atomic E-state index is 0.0688. The van der Waals surface area contributed by atoms with Crippen molar-refractivity contribution in [2.75, 3.05) is 11.9 Å². The van der Waals surface area contributed by atoms with E-state index >= 15 is 0 Å². The van der Waals surface area contributed by atoms with Gasteiger partial charge >= 0.3 is 5.97 Å². The molecule has 1 N–H and O–H groups in total. The molecule has 140 valence electrons. The summed E-state index contributed by atoms with van der Waals surface area (Å²) in [5.41, 5.74) is 1.68. The number of hydrogen-bond acceptors (Lipinski definition) is 3. The summed E-state index contributed by atoms with van der Waals surface area (Å²) in [7, 11) is 1.59. The molecule has 0 aliphatic rings. The van der Waals surface area contributed by atoms with Crippen LogP contribution in [0.1, 0.15) is 5.56 Å². The summed E-state index contributed by atoms with van der Waals surface area (Å²) in [6, 6.07) is 16.1. The highest BCUT2D eigenvalue weighted by atomic mass is 35.5. The lowest BCUT2D eigenvalue weighted by atomic mass is 10.1. The predicted octanol–water partition coefficient (Wildman–Crippen LogP) is 3.95. The zero-order valence-electron chi connectivity index (χ0n) is 15.0. The second kappa shape index (κ2) is 7.99. The predicted molar refractivity (Wildman–Crippen MR) is 108 cm³/mol. The van der Waals surface area contributed by atoms with Crippen molar-refractivity contribution in [3.63, 3.8) is 0 Å². The fourth-order valence-corrected chi connectivity index (χ4v) is 3.26. The molecule has 0 atom stereocenters. The molecule has 28 heavy (non-hydrogen) atoms. The van der Waals surface area contributed by atoms with Gasteiger partial charge in [0.2, 0.25) is 0 Å². The third-order valence-electron chi connectivity index (χ3n) is 4.28. The van der Waals surface area contributed by atoms with Crippen LogP contribution in [0.15, 0.2) is 60.3 Å². The lowest BCUT2D eigenvalue weighted by molar-refractivity contribution is -0.137. The maximum Gasteiger partial charge on any atom is 0.323 e. The van der Waals surface area contributed by atoms with Crippen LogP contribution in [-0.4, -0.2) is 28.6 Å². The van der Waals surface area contributed by atoms with E-state index in [4.69, 9.17) is 16.7 Å². The van der Waals surface area contributed by atoms with Gasteiger partial charge in [-0.05, 0) is 24.3 Å². The van der Waals surface area contributed by atoms with Crippen LogP contribution >= 0.6 is 11.6 Å². The molecule has 0 radical (unpaired) electrons. The van der Waals surface area contributed by atoms with Gasteiger partial charge in [-0.15, -0.1) is 0 Å². The van der Waals surface area contributed by atoms with Gasteiger partial charge in [-0.1, -0.05) is 41.9 Å². The number of aromatic nitrogens is 1. The van der Waals surface area contributed by atoms with Gasteiger partial charge in [0.15, 0.2) is 0 Å². The summed E-state index contributed by atoms with van der Waals surface area (Å²) in [5.74, 6) is -1.48. The van der Waals surface area contributed by atoms with E-state index in [0.29, 0.717) is 27.2 Å². The number of amides is 1. The second-order valence-electron chi connectivity index (χ2n) is 6.11. The maximum atomic E-state index is 12.8. The summed E-state index contributed by atoms with van der Waals surface area (Å²) in [5, 5.41) is 19.7. The van der Waals surface area contributed by atoms with E-state index in [-0.39, 0.29) is 12.1 Å². The lowest BCUT2D eigenvalue weighted by Gasteiger charge is -2.16. The number of anilines is 1. The third-order valence-corrected chi connectivity index (χ3v) is 4.59. The SMILES string of the molecule is CN(C(=O)/C(C#N)=C/c1cn(CC(=O)O)c2c(Cl)cccc12)c1ccccc1. The van der Waals surface area contributed by atoms with E-state index in [2.05, 4.69) is 0 Å². The number of para-hydroxylation sites is 2. The van der Waals surface area contributed by atoms with Gasteiger partial charge in [0.25, 0.3) is 5.91 Å². The van der Waals surface area contributed by atoms with Crippen molar-refractivity contribution in [3.8, 4) is 6.07 Å². The van der Waals surface area contributed by atoms with Crippen molar-refractivity contribution in [2.45, 2.75) is 6.54 Å². The van der Waals surface area contributed by atoms with Crippen LogP contribution in [0.4, 0.5) is 5.69 Å². The fraction of sp³-hybridized carbons (Fsp3) is 0.0952. The van der Waals surface area contributed by atoms with E-state index in [0.717, 1.165) is 0 Å². The average molecular weight is 394 g/mol. The largest absolute Gasteiger partial charge is 0.480 e. The van der Waals surface area contributed by atoms with E-state index in [1.165, 1.54) is 15.5 Å². The van der Waals surface area contributed by atoms with Gasteiger partial charge in [0, 0.05) is 29.9 Å². The Kier molecular flexibility index (Phi) is 5.48. The van der Waals surface area contributed by atoms with Gasteiger partial charge in [0.1, 0.15) is 18.2 Å². The van der Waals surface area contributed by atoms with Gasteiger partial charge < -0.3 is 14.6 Å². The highest BCUT2D eigenvalue weighted by Gasteiger charge is 2.18. The number of carboxylic acid groups (broad SMARTS) is 1. The van der Waals surface area contributed by atoms with Crippen molar-refractivity contribution in [1.29, 1.82) is 5.26 Å². The molecule has 0 bridgehead atoms. The molecule has 7 heteroatoms. The zero-order chi connectivity index (χ0) is 20.3. The number of rotatable bonds is 5. The van der Waals surface area contributed by atoms with E-state index in [1.807, 2.05) is 12.1 Å². The number of halogens is 1. The highest BCUT2D eigenvalue weighted by Crippen LogP contribution is 2.30. The summed E-state index contributed by atoms with van der Waals surface area (Å²) in [6.45, 7) is -0.284.